The number of rotatable bonds is 10. The van der Waals surface area contributed by atoms with Gasteiger partial charge in [0.15, 0.2) is 0 Å². The summed E-state index contributed by atoms with van der Waals surface area (Å²) >= 11 is 2.82. The number of aryl methyl sites for hydroxylation is 1. The first-order valence-corrected chi connectivity index (χ1v) is 17.3. The standard InChI is InChI=1S/C37H34N4O5S2/c1-22(33(42)41-36-32(37(45)46-2)28-13-7-9-15-31(28)48-36)47-26-18-16-25(17-19-26)39-35(44)30(40-34(43)23-10-4-3-5-11-23)20-24-21-38-29-14-8-6-12-27(24)29/h3-6,8,10-12,14,16-22,38H,7,9,13,15H2,1-2H3,(H,39,44)(H,40,43)(H,41,42). The second kappa shape index (κ2) is 14.7. The number of nitrogens with one attached hydrogen (secondary N) is 4. The lowest BCUT2D eigenvalue weighted by Gasteiger charge is -2.14. The minimum absolute atomic E-state index is 0.0823. The van der Waals surface area contributed by atoms with E-state index in [4.69, 9.17) is 4.74 Å². The van der Waals surface area contributed by atoms with Gasteiger partial charge in [0.1, 0.15) is 10.7 Å². The van der Waals surface area contributed by atoms with Crippen LogP contribution in [-0.4, -0.2) is 41.0 Å². The lowest BCUT2D eigenvalue weighted by molar-refractivity contribution is -0.115. The number of aromatic amines is 1. The molecular weight excluding hydrogens is 645 g/mol. The quantitative estimate of drug-likeness (QED) is 0.0691. The molecule has 5 aromatic rings. The van der Waals surface area contributed by atoms with Crippen molar-refractivity contribution in [3.63, 3.8) is 0 Å². The molecule has 244 valence electrons. The summed E-state index contributed by atoms with van der Waals surface area (Å²) in [5.74, 6) is -1.54. The highest BCUT2D eigenvalue weighted by atomic mass is 32.2. The highest BCUT2D eigenvalue weighted by Crippen LogP contribution is 2.39. The van der Waals surface area contributed by atoms with E-state index in [9.17, 15) is 19.2 Å². The molecule has 0 saturated carbocycles. The third-order valence-electron chi connectivity index (χ3n) is 8.04. The maximum atomic E-state index is 13.5. The number of anilines is 2. The molecule has 0 bridgehead atoms. The minimum Gasteiger partial charge on any atom is -0.465 e. The van der Waals surface area contributed by atoms with Gasteiger partial charge in [-0.05, 0) is 86.7 Å². The zero-order valence-corrected chi connectivity index (χ0v) is 28.1. The second-order valence-corrected chi connectivity index (χ2v) is 13.8. The largest absolute Gasteiger partial charge is 0.465 e. The zero-order chi connectivity index (χ0) is 33.6. The molecule has 0 fully saturated rings. The predicted molar refractivity (Wildman–Crippen MR) is 192 cm³/mol. The van der Waals surface area contributed by atoms with Crippen LogP contribution in [0.2, 0.25) is 0 Å². The van der Waals surface area contributed by atoms with Crippen molar-refractivity contribution in [3.05, 3.63) is 118 Å². The Hall–Kier alpha value is -5.13. The van der Waals surface area contributed by atoms with E-state index in [1.165, 1.54) is 30.2 Å². The average Bonchev–Trinajstić information content (AvgIpc) is 3.69. The van der Waals surface area contributed by atoms with Crippen LogP contribution < -0.4 is 16.0 Å². The van der Waals surface area contributed by atoms with Gasteiger partial charge in [-0.1, -0.05) is 36.4 Å². The Morgan fingerprint density at radius 3 is 2.42 bits per heavy atom. The van der Waals surface area contributed by atoms with Crippen molar-refractivity contribution >= 4 is 74.5 Å². The van der Waals surface area contributed by atoms with Crippen LogP contribution in [0.3, 0.4) is 0 Å². The summed E-state index contributed by atoms with van der Waals surface area (Å²) in [6.07, 6.45) is 7.21. The van der Waals surface area contributed by atoms with E-state index in [2.05, 4.69) is 20.9 Å². The SMILES string of the molecule is COC(=O)c1c(NC(=O)C(C)Sc2ccc(NC(=O)C(=Cc3c[nH]c4ccccc34)NC(=O)c3ccccc3)cc2)sc2c1CCCC2. The zero-order valence-electron chi connectivity index (χ0n) is 26.4. The van der Waals surface area contributed by atoms with Crippen molar-refractivity contribution in [2.75, 3.05) is 17.7 Å². The maximum absolute atomic E-state index is 13.5. The van der Waals surface area contributed by atoms with Crippen LogP contribution in [0, 0.1) is 0 Å². The van der Waals surface area contributed by atoms with E-state index in [1.807, 2.05) is 42.5 Å². The number of thioether (sulfide) groups is 1. The van der Waals surface area contributed by atoms with Crippen LogP contribution in [0.1, 0.15) is 56.5 Å². The van der Waals surface area contributed by atoms with Crippen molar-refractivity contribution in [2.45, 2.75) is 42.8 Å². The number of hydrogen-bond acceptors (Lipinski definition) is 7. The third-order valence-corrected chi connectivity index (χ3v) is 10.4. The van der Waals surface area contributed by atoms with Crippen molar-refractivity contribution in [2.24, 2.45) is 0 Å². The molecule has 1 aliphatic rings. The first kappa shape index (κ1) is 32.8. The van der Waals surface area contributed by atoms with E-state index in [1.54, 1.807) is 55.6 Å². The van der Waals surface area contributed by atoms with Crippen molar-refractivity contribution in [1.82, 2.24) is 10.3 Å². The number of fused-ring (bicyclic) bond motifs is 2. The molecule has 3 aromatic carbocycles. The summed E-state index contributed by atoms with van der Waals surface area (Å²) in [6.45, 7) is 1.80. The molecule has 0 spiro atoms. The van der Waals surface area contributed by atoms with E-state index in [0.29, 0.717) is 21.8 Å². The molecule has 1 unspecified atom stereocenters. The predicted octanol–water partition coefficient (Wildman–Crippen LogP) is 7.42. The highest BCUT2D eigenvalue weighted by molar-refractivity contribution is 8.00. The van der Waals surface area contributed by atoms with Gasteiger partial charge in [0, 0.05) is 43.7 Å². The topological polar surface area (TPSA) is 129 Å². The second-order valence-electron chi connectivity index (χ2n) is 11.3. The van der Waals surface area contributed by atoms with Crippen LogP contribution in [-0.2, 0) is 27.2 Å². The number of para-hydroxylation sites is 1. The van der Waals surface area contributed by atoms with Crippen LogP contribution in [0.5, 0.6) is 0 Å². The van der Waals surface area contributed by atoms with Gasteiger partial charge >= 0.3 is 5.97 Å². The lowest BCUT2D eigenvalue weighted by Crippen LogP contribution is -2.30. The summed E-state index contributed by atoms with van der Waals surface area (Å²) in [4.78, 5) is 57.5. The molecule has 2 aromatic heterocycles. The normalized spacial score (nSPS) is 13.3. The van der Waals surface area contributed by atoms with Gasteiger partial charge in [0.2, 0.25) is 5.91 Å². The molecule has 3 amide bonds. The van der Waals surface area contributed by atoms with E-state index < -0.39 is 23.0 Å². The molecule has 6 rings (SSSR count). The van der Waals surface area contributed by atoms with Crippen LogP contribution in [0.4, 0.5) is 10.7 Å². The Morgan fingerprint density at radius 2 is 1.65 bits per heavy atom. The molecule has 4 N–H and O–H groups in total. The van der Waals surface area contributed by atoms with E-state index >= 15 is 0 Å². The molecule has 2 heterocycles. The fraction of sp³-hybridized carbons (Fsp3) is 0.189. The molecule has 11 heteroatoms. The number of H-pyrrole nitrogens is 1. The Balaban J connectivity index is 1.14. The Kier molecular flexibility index (Phi) is 10.1. The van der Waals surface area contributed by atoms with Crippen LogP contribution >= 0.6 is 23.1 Å². The van der Waals surface area contributed by atoms with Crippen molar-refractivity contribution < 1.29 is 23.9 Å². The molecule has 9 nitrogen and oxygen atoms in total. The van der Waals surface area contributed by atoms with Gasteiger partial charge < -0.3 is 25.7 Å². The number of methoxy groups -OCH3 is 1. The summed E-state index contributed by atoms with van der Waals surface area (Å²) in [6, 6.07) is 23.5. The molecule has 0 aliphatic heterocycles. The number of carbonyl (C=O) groups is 4. The van der Waals surface area contributed by atoms with Crippen LogP contribution in [0.25, 0.3) is 17.0 Å². The number of amides is 3. The molecule has 0 radical (unpaired) electrons. The van der Waals surface area contributed by atoms with Gasteiger partial charge in [-0.15, -0.1) is 23.1 Å². The first-order valence-electron chi connectivity index (χ1n) is 15.6. The van der Waals surface area contributed by atoms with Gasteiger partial charge in [-0.3, -0.25) is 14.4 Å². The summed E-state index contributed by atoms with van der Waals surface area (Å²) < 4.78 is 5.03. The highest BCUT2D eigenvalue weighted by Gasteiger charge is 2.28. The monoisotopic (exact) mass is 678 g/mol. The average molecular weight is 679 g/mol. The maximum Gasteiger partial charge on any atom is 0.341 e. The number of ether oxygens (including phenoxy) is 1. The van der Waals surface area contributed by atoms with Gasteiger partial charge in [0.25, 0.3) is 11.8 Å². The lowest BCUT2D eigenvalue weighted by atomic mass is 9.95. The van der Waals surface area contributed by atoms with E-state index in [0.717, 1.165) is 57.5 Å². The minimum atomic E-state index is -0.488. The number of hydrogen-bond donors (Lipinski definition) is 4. The van der Waals surface area contributed by atoms with Crippen molar-refractivity contribution in [3.8, 4) is 0 Å². The summed E-state index contributed by atoms with van der Waals surface area (Å²) in [5.41, 5.74) is 4.16. The summed E-state index contributed by atoms with van der Waals surface area (Å²) in [7, 11) is 1.35. The summed E-state index contributed by atoms with van der Waals surface area (Å²) in [5, 5.41) is 9.61. The molecule has 1 atom stereocenters. The fourth-order valence-electron chi connectivity index (χ4n) is 5.57. The third kappa shape index (κ3) is 7.37. The Bertz CT molecular complexity index is 2010. The number of aromatic nitrogens is 1. The fourth-order valence-corrected chi connectivity index (χ4v) is 7.72. The number of benzene rings is 3. The molecule has 1 aliphatic carbocycles. The van der Waals surface area contributed by atoms with Crippen LogP contribution in [0.15, 0.2) is 95.7 Å². The van der Waals surface area contributed by atoms with Crippen molar-refractivity contribution in [1.29, 1.82) is 0 Å². The molecule has 0 saturated heterocycles. The number of esters is 1. The number of thiophene rings is 1. The first-order chi connectivity index (χ1) is 23.3. The van der Waals surface area contributed by atoms with E-state index in [-0.39, 0.29) is 11.6 Å². The smallest absolute Gasteiger partial charge is 0.341 e. The molecular formula is C37H34N4O5S2. The Labute approximate surface area is 286 Å². The Morgan fingerprint density at radius 1 is 0.917 bits per heavy atom. The van der Waals surface area contributed by atoms with Gasteiger partial charge in [0.05, 0.1) is 17.9 Å². The number of carbonyl (C=O) groups excluding carboxylic acids is 4. The molecule has 48 heavy (non-hydrogen) atoms. The van der Waals surface area contributed by atoms with Gasteiger partial charge in [-0.25, -0.2) is 4.79 Å². The van der Waals surface area contributed by atoms with Gasteiger partial charge in [-0.2, -0.15) is 0 Å².